The second kappa shape index (κ2) is 10.3. The average Bonchev–Trinajstić information content (AvgIpc) is 3.06. The highest BCUT2D eigenvalue weighted by Crippen LogP contribution is 2.23. The number of aromatic nitrogens is 1. The lowest BCUT2D eigenvalue weighted by Crippen LogP contribution is -2.31. The van der Waals surface area contributed by atoms with E-state index < -0.39 is 0 Å². The lowest BCUT2D eigenvalue weighted by atomic mass is 9.87. The number of pyridine rings is 1. The van der Waals surface area contributed by atoms with Gasteiger partial charge in [-0.2, -0.15) is 0 Å². The molecule has 178 valence electrons. The summed E-state index contributed by atoms with van der Waals surface area (Å²) >= 11 is 0. The number of benzene rings is 2. The summed E-state index contributed by atoms with van der Waals surface area (Å²) in [7, 11) is 0. The van der Waals surface area contributed by atoms with Gasteiger partial charge < -0.3 is 10.2 Å². The molecule has 0 aliphatic carbocycles. The van der Waals surface area contributed by atoms with E-state index in [0.717, 1.165) is 50.5 Å². The van der Waals surface area contributed by atoms with Crippen LogP contribution in [0.15, 0.2) is 66.9 Å². The van der Waals surface area contributed by atoms with E-state index in [1.165, 1.54) is 17.7 Å². The van der Waals surface area contributed by atoms with Crippen LogP contribution in [0.2, 0.25) is 0 Å². The molecule has 4 rings (SSSR count). The van der Waals surface area contributed by atoms with Crippen molar-refractivity contribution >= 4 is 17.4 Å². The Hall–Kier alpha value is -3.25. The number of hydrogen-bond donors (Lipinski definition) is 1. The fourth-order valence-corrected chi connectivity index (χ4v) is 4.18. The van der Waals surface area contributed by atoms with Gasteiger partial charge in [-0.05, 0) is 59.4 Å². The molecule has 34 heavy (non-hydrogen) atoms. The molecule has 1 aromatic heterocycles. The lowest BCUT2D eigenvalue weighted by molar-refractivity contribution is 0.102. The maximum atomic E-state index is 13.2. The van der Waals surface area contributed by atoms with Gasteiger partial charge in [0.05, 0.1) is 11.9 Å². The quantitative estimate of drug-likeness (QED) is 0.548. The molecule has 0 atom stereocenters. The molecule has 5 nitrogen and oxygen atoms in total. The molecule has 1 N–H and O–H groups in total. The molecular formula is C28H33FN4O. The van der Waals surface area contributed by atoms with Gasteiger partial charge in [-0.3, -0.25) is 9.69 Å². The third kappa shape index (κ3) is 6.20. The first kappa shape index (κ1) is 23.9. The van der Waals surface area contributed by atoms with Gasteiger partial charge in [0.25, 0.3) is 5.91 Å². The van der Waals surface area contributed by atoms with Crippen molar-refractivity contribution in [2.24, 2.45) is 0 Å². The topological polar surface area (TPSA) is 48.5 Å². The van der Waals surface area contributed by atoms with E-state index in [4.69, 9.17) is 0 Å². The summed E-state index contributed by atoms with van der Waals surface area (Å²) in [5.74, 6) is 0.576. The maximum absolute atomic E-state index is 13.2. The zero-order chi connectivity index (χ0) is 24.1. The number of rotatable bonds is 5. The van der Waals surface area contributed by atoms with E-state index in [9.17, 15) is 9.18 Å². The van der Waals surface area contributed by atoms with Crippen molar-refractivity contribution in [3.63, 3.8) is 0 Å². The summed E-state index contributed by atoms with van der Waals surface area (Å²) in [5.41, 5.74) is 3.69. The van der Waals surface area contributed by atoms with Gasteiger partial charge in [-0.15, -0.1) is 0 Å². The normalized spacial score (nSPS) is 15.1. The fourth-order valence-electron chi connectivity index (χ4n) is 4.18. The molecule has 6 heteroatoms. The monoisotopic (exact) mass is 460 g/mol. The summed E-state index contributed by atoms with van der Waals surface area (Å²) in [4.78, 5) is 21.9. The zero-order valence-electron chi connectivity index (χ0n) is 20.2. The molecule has 0 saturated carbocycles. The Kier molecular flexibility index (Phi) is 7.27. The highest BCUT2D eigenvalue weighted by Gasteiger charge is 2.17. The van der Waals surface area contributed by atoms with Crippen LogP contribution in [-0.4, -0.2) is 42.0 Å². The minimum Gasteiger partial charge on any atom is -0.355 e. The predicted molar refractivity (Wildman–Crippen MR) is 136 cm³/mol. The van der Waals surface area contributed by atoms with E-state index in [1.807, 2.05) is 48.5 Å². The van der Waals surface area contributed by atoms with Crippen LogP contribution in [0.25, 0.3) is 0 Å². The molecule has 2 heterocycles. The second-order valence-electron chi connectivity index (χ2n) is 9.93. The third-order valence-electron chi connectivity index (χ3n) is 6.25. The molecule has 1 amide bonds. The van der Waals surface area contributed by atoms with E-state index in [0.29, 0.717) is 11.3 Å². The van der Waals surface area contributed by atoms with Crippen LogP contribution in [0.1, 0.15) is 48.7 Å². The summed E-state index contributed by atoms with van der Waals surface area (Å²) in [5, 5.41) is 2.94. The molecule has 0 spiro atoms. The first-order valence-electron chi connectivity index (χ1n) is 11.9. The molecule has 0 unspecified atom stereocenters. The second-order valence-corrected chi connectivity index (χ2v) is 9.93. The number of nitrogens with zero attached hydrogens (tertiary/aromatic N) is 3. The number of amides is 1. The molecule has 3 aromatic rings. The Balaban J connectivity index is 1.32. The number of carbonyl (C=O) groups excluding carboxylic acids is 1. The Morgan fingerprint density at radius 3 is 2.32 bits per heavy atom. The van der Waals surface area contributed by atoms with Gasteiger partial charge in [0.2, 0.25) is 0 Å². The number of hydrogen-bond acceptors (Lipinski definition) is 4. The number of nitrogens with one attached hydrogen (secondary N) is 1. The van der Waals surface area contributed by atoms with Gasteiger partial charge in [0.1, 0.15) is 11.6 Å². The largest absolute Gasteiger partial charge is 0.355 e. The van der Waals surface area contributed by atoms with Crippen molar-refractivity contribution in [1.29, 1.82) is 0 Å². The molecule has 0 bridgehead atoms. The van der Waals surface area contributed by atoms with E-state index in [2.05, 4.69) is 40.9 Å². The van der Waals surface area contributed by atoms with Crippen LogP contribution >= 0.6 is 0 Å². The summed E-state index contributed by atoms with van der Waals surface area (Å²) in [6.07, 6.45) is 2.75. The molecule has 1 saturated heterocycles. The van der Waals surface area contributed by atoms with Crippen molar-refractivity contribution in [3.05, 3.63) is 89.4 Å². The first-order valence-corrected chi connectivity index (χ1v) is 11.9. The molecule has 1 aliphatic rings. The average molecular weight is 461 g/mol. The highest BCUT2D eigenvalue weighted by molar-refractivity contribution is 6.04. The van der Waals surface area contributed by atoms with Gasteiger partial charge in [-0.1, -0.05) is 45.0 Å². The third-order valence-corrected chi connectivity index (χ3v) is 6.25. The summed E-state index contributed by atoms with van der Waals surface area (Å²) < 4.78 is 13.2. The Morgan fingerprint density at radius 1 is 0.941 bits per heavy atom. The first-order chi connectivity index (χ1) is 16.3. The van der Waals surface area contributed by atoms with Crippen molar-refractivity contribution in [2.75, 3.05) is 36.4 Å². The van der Waals surface area contributed by atoms with Crippen LogP contribution in [0.3, 0.4) is 0 Å². The van der Waals surface area contributed by atoms with Crippen molar-refractivity contribution in [3.8, 4) is 0 Å². The zero-order valence-corrected chi connectivity index (χ0v) is 20.2. The molecular weight excluding hydrogens is 427 g/mol. The Labute approximate surface area is 201 Å². The minimum absolute atomic E-state index is 0.0556. The lowest BCUT2D eigenvalue weighted by Gasteiger charge is -2.23. The number of halogens is 1. The minimum atomic E-state index is -0.199. The van der Waals surface area contributed by atoms with Crippen LogP contribution in [-0.2, 0) is 12.0 Å². The van der Waals surface area contributed by atoms with E-state index in [-0.39, 0.29) is 17.1 Å². The maximum Gasteiger partial charge on any atom is 0.255 e. The smallest absolute Gasteiger partial charge is 0.255 e. The Morgan fingerprint density at radius 2 is 1.68 bits per heavy atom. The van der Waals surface area contributed by atoms with E-state index in [1.54, 1.807) is 6.20 Å². The van der Waals surface area contributed by atoms with Crippen molar-refractivity contribution in [2.45, 2.75) is 39.2 Å². The summed E-state index contributed by atoms with van der Waals surface area (Å²) in [6, 6.07) is 18.4. The SMILES string of the molecule is CC(C)(C)c1ccc(C(=O)Nc2ccc(N3CCCN(Cc4ccc(F)cc4)CC3)nc2)cc1. The van der Waals surface area contributed by atoms with Crippen molar-refractivity contribution in [1.82, 2.24) is 9.88 Å². The van der Waals surface area contributed by atoms with Gasteiger partial charge >= 0.3 is 0 Å². The fraction of sp³-hybridized carbons (Fsp3) is 0.357. The van der Waals surface area contributed by atoms with Crippen LogP contribution in [0, 0.1) is 5.82 Å². The molecule has 0 radical (unpaired) electrons. The summed E-state index contributed by atoms with van der Waals surface area (Å²) in [6.45, 7) is 11.0. The molecule has 1 aliphatic heterocycles. The molecule has 1 fully saturated rings. The van der Waals surface area contributed by atoms with Crippen LogP contribution < -0.4 is 10.2 Å². The van der Waals surface area contributed by atoms with Gasteiger partial charge in [-0.25, -0.2) is 9.37 Å². The van der Waals surface area contributed by atoms with Crippen LogP contribution in [0.4, 0.5) is 15.9 Å². The van der Waals surface area contributed by atoms with Crippen molar-refractivity contribution < 1.29 is 9.18 Å². The van der Waals surface area contributed by atoms with E-state index >= 15 is 0 Å². The van der Waals surface area contributed by atoms with Gasteiger partial charge in [0, 0.05) is 38.3 Å². The highest BCUT2D eigenvalue weighted by atomic mass is 19.1. The predicted octanol–water partition coefficient (Wildman–Crippen LogP) is 5.48. The Bertz CT molecular complexity index is 1090. The number of carbonyl (C=O) groups is 1. The standard InChI is InChI=1S/C28H33FN4O/c1-28(2,3)23-9-7-22(8-10-23)27(34)31-25-13-14-26(30-19-25)33-16-4-15-32(17-18-33)20-21-5-11-24(29)12-6-21/h5-14,19H,4,15-18,20H2,1-3H3,(H,31,34). The molecule has 2 aromatic carbocycles. The van der Waals surface area contributed by atoms with Gasteiger partial charge in [0.15, 0.2) is 0 Å². The van der Waals surface area contributed by atoms with Crippen LogP contribution in [0.5, 0.6) is 0 Å². The number of anilines is 2.